The highest BCUT2D eigenvalue weighted by Crippen LogP contribution is 2.36. The van der Waals surface area contributed by atoms with Gasteiger partial charge in [-0.2, -0.15) is 0 Å². The van der Waals surface area contributed by atoms with Crippen LogP contribution in [0.2, 0.25) is 0 Å². The summed E-state index contributed by atoms with van der Waals surface area (Å²) in [6.45, 7) is -0.584. The van der Waals surface area contributed by atoms with Gasteiger partial charge in [-0.15, -0.1) is 0 Å². The highest BCUT2D eigenvalue weighted by molar-refractivity contribution is 7.92. The second-order valence-corrected chi connectivity index (χ2v) is 11.0. The fourth-order valence-electron chi connectivity index (χ4n) is 3.99. The van der Waals surface area contributed by atoms with Crippen molar-refractivity contribution in [2.45, 2.75) is 54.6 Å². The first kappa shape index (κ1) is 24.9. The van der Waals surface area contributed by atoms with Crippen molar-refractivity contribution >= 4 is 27.2 Å². The molecule has 0 spiro atoms. The molecule has 4 rings (SSSR count). The van der Waals surface area contributed by atoms with E-state index in [4.69, 9.17) is 9.84 Å². The van der Waals surface area contributed by atoms with E-state index in [0.29, 0.717) is 18.4 Å². The zero-order valence-corrected chi connectivity index (χ0v) is 19.5. The molecule has 0 amide bonds. The lowest BCUT2D eigenvalue weighted by molar-refractivity contribution is -0.139. The van der Waals surface area contributed by atoms with Crippen molar-refractivity contribution in [2.75, 3.05) is 6.61 Å². The topological polar surface area (TPSA) is 124 Å². The Hall–Kier alpha value is -3.21. The van der Waals surface area contributed by atoms with Gasteiger partial charge in [0.2, 0.25) is 5.88 Å². The molecule has 2 aliphatic rings. The van der Waals surface area contributed by atoms with Gasteiger partial charge < -0.3 is 9.84 Å². The van der Waals surface area contributed by atoms with E-state index in [1.54, 1.807) is 6.08 Å². The summed E-state index contributed by atoms with van der Waals surface area (Å²) in [6.07, 6.45) is 1.85. The number of halogens is 2. The van der Waals surface area contributed by atoms with Crippen LogP contribution in [-0.2, 0) is 25.8 Å². The summed E-state index contributed by atoms with van der Waals surface area (Å²) in [4.78, 5) is 32.0. The van der Waals surface area contributed by atoms with E-state index in [2.05, 4.69) is 9.97 Å². The van der Waals surface area contributed by atoms with Crippen molar-refractivity contribution in [1.29, 1.82) is 0 Å². The van der Waals surface area contributed by atoms with E-state index in [9.17, 15) is 26.8 Å². The summed E-state index contributed by atoms with van der Waals surface area (Å²) in [5.41, 5.74) is 0.950. The van der Waals surface area contributed by atoms with Crippen LogP contribution in [0.15, 0.2) is 47.6 Å². The number of carboxylic acids is 1. The molecule has 186 valence electrons. The predicted octanol–water partition coefficient (Wildman–Crippen LogP) is 3.16. The molecule has 1 aromatic heterocycles. The van der Waals surface area contributed by atoms with Crippen LogP contribution < -0.4 is 4.74 Å². The number of allylic oxidation sites excluding steroid dienone is 2. The van der Waals surface area contributed by atoms with Gasteiger partial charge in [0.25, 0.3) is 0 Å². The Morgan fingerprint density at radius 1 is 1.06 bits per heavy atom. The van der Waals surface area contributed by atoms with E-state index in [0.717, 1.165) is 0 Å². The van der Waals surface area contributed by atoms with E-state index in [-0.39, 0.29) is 52.3 Å². The van der Waals surface area contributed by atoms with Gasteiger partial charge in [0, 0.05) is 5.57 Å². The molecule has 1 unspecified atom stereocenters. The maximum atomic E-state index is 13.8. The number of benzene rings is 1. The highest BCUT2D eigenvalue weighted by Gasteiger charge is 2.37. The van der Waals surface area contributed by atoms with Gasteiger partial charge in [0.05, 0.1) is 34.7 Å². The molecular weight excluding hydrogens is 482 g/mol. The lowest BCUT2D eigenvalue weighted by atomic mass is 9.94. The lowest BCUT2D eigenvalue weighted by Gasteiger charge is -2.12. The van der Waals surface area contributed by atoms with Gasteiger partial charge in [0.15, 0.2) is 22.2 Å². The summed E-state index contributed by atoms with van der Waals surface area (Å²) >= 11 is 0. The maximum Gasteiger partial charge on any atom is 0.341 e. The first-order chi connectivity index (χ1) is 16.6. The van der Waals surface area contributed by atoms with Crippen molar-refractivity contribution in [2.24, 2.45) is 5.92 Å². The zero-order chi connectivity index (χ0) is 25.2. The fraction of sp³-hybridized carbons (Fsp3) is 0.417. The molecule has 8 nitrogen and oxygen atoms in total. The number of carbonyl (C=O) groups excluding carboxylic acids is 1. The number of ether oxygens (including phenoxy) is 1. The molecule has 2 fully saturated rings. The Morgan fingerprint density at radius 2 is 1.71 bits per heavy atom. The Bertz CT molecular complexity index is 1220. The van der Waals surface area contributed by atoms with Crippen LogP contribution in [0.4, 0.5) is 8.78 Å². The van der Waals surface area contributed by atoms with Crippen LogP contribution in [0, 0.1) is 5.92 Å². The second kappa shape index (κ2) is 10.2. The molecule has 11 heteroatoms. The van der Waals surface area contributed by atoms with Crippen molar-refractivity contribution in [1.82, 2.24) is 9.97 Å². The standard InChI is InChI=1S/C24H24F2N2O6S/c25-20-8-14(9-21(20)26)7-19(15-1-3-17(4-2-15)35(32,33)18-5-6-18)22(29)10-16-11-28-23(12-27-16)34-13-24(30)31/h1-4,7,11-12,14,18,20-21H,5-6,8-10,13H2,(H,30,31)/b19-7+/t14?,20-,21+. The average Bonchev–Trinajstić information content (AvgIpc) is 3.63. The molecule has 2 aliphatic carbocycles. The Kier molecular flexibility index (Phi) is 7.25. The van der Waals surface area contributed by atoms with E-state index in [1.165, 1.54) is 36.7 Å². The van der Waals surface area contributed by atoms with Crippen molar-refractivity contribution in [3.05, 3.63) is 54.0 Å². The number of ketones is 1. The minimum absolute atomic E-state index is 0.0132. The summed E-state index contributed by atoms with van der Waals surface area (Å²) in [5, 5.41) is 8.29. The fourth-order valence-corrected chi connectivity index (χ4v) is 5.65. The molecule has 0 radical (unpaired) electrons. The first-order valence-corrected chi connectivity index (χ1v) is 12.7. The van der Waals surface area contributed by atoms with Gasteiger partial charge in [-0.25, -0.2) is 27.0 Å². The van der Waals surface area contributed by atoms with Gasteiger partial charge in [-0.05, 0) is 49.3 Å². The molecule has 2 saturated carbocycles. The summed E-state index contributed by atoms with van der Waals surface area (Å²) < 4.78 is 57.4. The van der Waals surface area contributed by atoms with Crippen LogP contribution in [0.5, 0.6) is 5.88 Å². The number of hydrogen-bond acceptors (Lipinski definition) is 7. The third-order valence-corrected chi connectivity index (χ3v) is 8.25. The van der Waals surface area contributed by atoms with Crippen LogP contribution in [-0.4, -0.2) is 59.4 Å². The number of sulfone groups is 1. The number of aromatic nitrogens is 2. The third-order valence-electron chi connectivity index (χ3n) is 5.97. The molecule has 1 aromatic carbocycles. The quantitative estimate of drug-likeness (QED) is 0.488. The predicted molar refractivity (Wildman–Crippen MR) is 121 cm³/mol. The Labute approximate surface area is 201 Å². The molecule has 0 saturated heterocycles. The monoisotopic (exact) mass is 506 g/mol. The van der Waals surface area contributed by atoms with Gasteiger partial charge in [0.1, 0.15) is 12.3 Å². The number of hydrogen-bond donors (Lipinski definition) is 1. The van der Waals surface area contributed by atoms with Crippen molar-refractivity contribution < 1.29 is 36.6 Å². The van der Waals surface area contributed by atoms with Crippen molar-refractivity contribution in [3.8, 4) is 5.88 Å². The Morgan fingerprint density at radius 3 is 2.26 bits per heavy atom. The van der Waals surface area contributed by atoms with Crippen molar-refractivity contribution in [3.63, 3.8) is 0 Å². The molecule has 1 N–H and O–H groups in total. The molecular formula is C24H24F2N2O6S. The van der Waals surface area contributed by atoms with Crippen LogP contribution >= 0.6 is 0 Å². The smallest absolute Gasteiger partial charge is 0.341 e. The molecule has 1 heterocycles. The molecule has 2 aromatic rings. The third kappa shape index (κ3) is 6.08. The number of rotatable bonds is 10. The van der Waals surface area contributed by atoms with E-state index >= 15 is 0 Å². The number of nitrogens with zero attached hydrogens (tertiary/aromatic N) is 2. The van der Waals surface area contributed by atoms with E-state index < -0.39 is 40.7 Å². The molecule has 0 bridgehead atoms. The van der Waals surface area contributed by atoms with Gasteiger partial charge >= 0.3 is 5.97 Å². The van der Waals surface area contributed by atoms with E-state index in [1.807, 2.05) is 0 Å². The van der Waals surface area contributed by atoms with Crippen LogP contribution in [0.1, 0.15) is 36.9 Å². The summed E-state index contributed by atoms with van der Waals surface area (Å²) in [7, 11) is -3.40. The zero-order valence-electron chi connectivity index (χ0n) is 18.6. The number of aliphatic carboxylic acids is 1. The minimum atomic E-state index is -3.40. The number of carboxylic acid groups (broad SMARTS) is 1. The number of alkyl halides is 2. The average molecular weight is 507 g/mol. The Balaban J connectivity index is 1.56. The SMILES string of the molecule is O=C(O)COc1cnc(CC(=O)/C(=C/C2C[C@@H](F)[C@@H](F)C2)c2ccc(S(=O)(=O)C3CC3)cc2)cn1. The molecule has 0 aliphatic heterocycles. The number of Topliss-reactive ketones (excluding diaryl/α,β-unsaturated/α-hetero) is 1. The summed E-state index contributed by atoms with van der Waals surface area (Å²) in [6, 6.07) is 5.96. The van der Waals surface area contributed by atoms with Crippen LogP contribution in [0.3, 0.4) is 0 Å². The first-order valence-electron chi connectivity index (χ1n) is 11.2. The lowest BCUT2D eigenvalue weighted by Crippen LogP contribution is -2.12. The summed E-state index contributed by atoms with van der Waals surface area (Å²) in [5.74, 6) is -2.05. The maximum absolute atomic E-state index is 13.8. The minimum Gasteiger partial charge on any atom is -0.479 e. The second-order valence-electron chi connectivity index (χ2n) is 8.74. The molecule has 3 atom stereocenters. The highest BCUT2D eigenvalue weighted by atomic mass is 32.2. The largest absolute Gasteiger partial charge is 0.479 e. The van der Waals surface area contributed by atoms with Crippen LogP contribution in [0.25, 0.3) is 5.57 Å². The van der Waals surface area contributed by atoms with Gasteiger partial charge in [-0.1, -0.05) is 18.2 Å². The number of carbonyl (C=O) groups is 2. The normalized spacial score (nSPS) is 22.7. The van der Waals surface area contributed by atoms with Gasteiger partial charge in [-0.3, -0.25) is 9.78 Å². The molecule has 35 heavy (non-hydrogen) atoms.